The molecule has 0 fully saturated rings. The van der Waals surface area contributed by atoms with Gasteiger partial charge in [0.1, 0.15) is 16.3 Å². The lowest BCUT2D eigenvalue weighted by Gasteiger charge is -2.05. The number of aromatic nitrogens is 2. The van der Waals surface area contributed by atoms with Gasteiger partial charge in [-0.3, -0.25) is 9.48 Å². The number of benzene rings is 2. The molecular formula is C21H19N3O2S2. The number of fused-ring (bicyclic) bond motifs is 1. The van der Waals surface area contributed by atoms with Gasteiger partial charge in [0, 0.05) is 28.6 Å². The van der Waals surface area contributed by atoms with Gasteiger partial charge in [-0.1, -0.05) is 18.2 Å². The number of thiophene rings is 1. The van der Waals surface area contributed by atoms with Gasteiger partial charge in [0.15, 0.2) is 0 Å². The van der Waals surface area contributed by atoms with Gasteiger partial charge in [-0.05, 0) is 42.7 Å². The number of anilines is 1. The van der Waals surface area contributed by atoms with Crippen molar-refractivity contribution in [3.8, 4) is 17.0 Å². The van der Waals surface area contributed by atoms with Crippen LogP contribution < -0.4 is 10.1 Å². The first-order chi connectivity index (χ1) is 13.6. The summed E-state index contributed by atoms with van der Waals surface area (Å²) in [4.78, 5) is 15.5. The van der Waals surface area contributed by atoms with E-state index in [-0.39, 0.29) is 5.91 Å². The second-order valence-electron chi connectivity index (χ2n) is 6.22. The summed E-state index contributed by atoms with van der Waals surface area (Å²) in [5.41, 5.74) is 2.60. The Morgan fingerprint density at radius 2 is 2.00 bits per heavy atom. The van der Waals surface area contributed by atoms with Crippen LogP contribution in [0.5, 0.6) is 5.75 Å². The van der Waals surface area contributed by atoms with Crippen LogP contribution in [0.15, 0.2) is 59.5 Å². The number of nitrogens with one attached hydrogen (secondary N) is 1. The van der Waals surface area contributed by atoms with Crippen molar-refractivity contribution in [3.05, 3.63) is 59.5 Å². The van der Waals surface area contributed by atoms with Gasteiger partial charge in [0.25, 0.3) is 5.91 Å². The zero-order valence-electron chi connectivity index (χ0n) is 15.7. The van der Waals surface area contributed by atoms with Gasteiger partial charge in [0.2, 0.25) is 0 Å². The van der Waals surface area contributed by atoms with Crippen LogP contribution in [0.1, 0.15) is 9.67 Å². The number of methoxy groups -OCH3 is 1. The van der Waals surface area contributed by atoms with E-state index in [0.717, 1.165) is 37.8 Å². The number of carbonyl (C=O) groups is 1. The summed E-state index contributed by atoms with van der Waals surface area (Å²) < 4.78 is 7.15. The Morgan fingerprint density at radius 3 is 2.79 bits per heavy atom. The molecule has 4 aromatic rings. The average Bonchev–Trinajstić information content (AvgIpc) is 3.29. The van der Waals surface area contributed by atoms with Crippen molar-refractivity contribution in [2.45, 2.75) is 4.90 Å². The lowest BCUT2D eigenvalue weighted by molar-refractivity contribution is 0.103. The molecule has 1 amide bonds. The van der Waals surface area contributed by atoms with E-state index in [0.29, 0.717) is 4.88 Å². The van der Waals surface area contributed by atoms with Crippen LogP contribution in [-0.2, 0) is 7.05 Å². The minimum atomic E-state index is -0.115. The van der Waals surface area contributed by atoms with Crippen LogP contribution in [0.2, 0.25) is 0 Å². The molecule has 7 heteroatoms. The number of rotatable bonds is 5. The molecule has 2 aromatic carbocycles. The van der Waals surface area contributed by atoms with Gasteiger partial charge in [-0.2, -0.15) is 5.10 Å². The highest BCUT2D eigenvalue weighted by Gasteiger charge is 2.18. The summed E-state index contributed by atoms with van der Waals surface area (Å²) in [6, 6.07) is 17.5. The molecule has 0 aliphatic heterocycles. The van der Waals surface area contributed by atoms with Crippen LogP contribution in [0.25, 0.3) is 21.5 Å². The molecule has 0 saturated carbocycles. The summed E-state index contributed by atoms with van der Waals surface area (Å²) in [6.45, 7) is 0. The molecule has 5 nitrogen and oxygen atoms in total. The molecule has 0 aliphatic rings. The molecule has 2 aromatic heterocycles. The molecule has 4 rings (SSSR count). The molecule has 0 radical (unpaired) electrons. The lowest BCUT2D eigenvalue weighted by Crippen LogP contribution is -2.10. The first-order valence-corrected chi connectivity index (χ1v) is 10.7. The van der Waals surface area contributed by atoms with Crippen molar-refractivity contribution in [3.63, 3.8) is 0 Å². The number of aryl methyl sites for hydroxylation is 1. The van der Waals surface area contributed by atoms with E-state index in [9.17, 15) is 4.79 Å². The summed E-state index contributed by atoms with van der Waals surface area (Å²) in [7, 11) is 3.54. The van der Waals surface area contributed by atoms with Crippen molar-refractivity contribution >= 4 is 44.9 Å². The Morgan fingerprint density at radius 1 is 1.18 bits per heavy atom. The smallest absolute Gasteiger partial charge is 0.265 e. The Bertz CT molecular complexity index is 1160. The Labute approximate surface area is 171 Å². The fraction of sp³-hybridized carbons (Fsp3) is 0.143. The van der Waals surface area contributed by atoms with Crippen molar-refractivity contribution in [2.75, 3.05) is 18.7 Å². The van der Waals surface area contributed by atoms with Gasteiger partial charge in [0.05, 0.1) is 12.0 Å². The van der Waals surface area contributed by atoms with E-state index >= 15 is 0 Å². The van der Waals surface area contributed by atoms with E-state index in [1.165, 1.54) is 11.3 Å². The van der Waals surface area contributed by atoms with E-state index < -0.39 is 0 Å². The first kappa shape index (κ1) is 18.6. The SMILES string of the molecule is COc1cccc(-c2nn(C)c3sc(C(=O)Nc4cccc(SC)c4)cc23)c1. The number of hydrogen-bond donors (Lipinski definition) is 1. The predicted octanol–water partition coefficient (Wildman–Crippen LogP) is 5.28. The highest BCUT2D eigenvalue weighted by Crippen LogP contribution is 2.35. The Hall–Kier alpha value is -2.77. The van der Waals surface area contributed by atoms with Gasteiger partial charge in [-0.15, -0.1) is 23.1 Å². The number of carbonyl (C=O) groups excluding carboxylic acids is 1. The van der Waals surface area contributed by atoms with Crippen molar-refractivity contribution in [1.29, 1.82) is 0 Å². The highest BCUT2D eigenvalue weighted by molar-refractivity contribution is 7.98. The molecule has 0 unspecified atom stereocenters. The minimum Gasteiger partial charge on any atom is -0.497 e. The van der Waals surface area contributed by atoms with Crippen LogP contribution in [0.4, 0.5) is 5.69 Å². The molecule has 0 aliphatic carbocycles. The van der Waals surface area contributed by atoms with E-state index in [2.05, 4.69) is 10.4 Å². The summed E-state index contributed by atoms with van der Waals surface area (Å²) in [5, 5.41) is 8.59. The number of thioether (sulfide) groups is 1. The fourth-order valence-corrected chi connectivity index (χ4v) is 4.46. The number of amides is 1. The summed E-state index contributed by atoms with van der Waals surface area (Å²) >= 11 is 3.08. The van der Waals surface area contributed by atoms with Crippen LogP contribution >= 0.6 is 23.1 Å². The van der Waals surface area contributed by atoms with E-state index in [4.69, 9.17) is 4.74 Å². The second kappa shape index (κ2) is 7.69. The van der Waals surface area contributed by atoms with Gasteiger partial charge >= 0.3 is 0 Å². The largest absolute Gasteiger partial charge is 0.497 e. The monoisotopic (exact) mass is 409 g/mol. The molecule has 0 saturated heterocycles. The average molecular weight is 410 g/mol. The summed E-state index contributed by atoms with van der Waals surface area (Å²) in [6.07, 6.45) is 2.01. The third-order valence-electron chi connectivity index (χ3n) is 4.41. The summed E-state index contributed by atoms with van der Waals surface area (Å²) in [5.74, 6) is 0.661. The third-order valence-corrected chi connectivity index (χ3v) is 6.33. The minimum absolute atomic E-state index is 0.115. The van der Waals surface area contributed by atoms with Crippen LogP contribution in [-0.4, -0.2) is 29.1 Å². The first-order valence-electron chi connectivity index (χ1n) is 8.65. The second-order valence-corrected chi connectivity index (χ2v) is 8.13. The topological polar surface area (TPSA) is 56.2 Å². The maximum Gasteiger partial charge on any atom is 0.265 e. The number of nitrogens with zero attached hydrogens (tertiary/aromatic N) is 2. The molecule has 1 N–H and O–H groups in total. The zero-order valence-corrected chi connectivity index (χ0v) is 17.4. The Balaban J connectivity index is 1.68. The van der Waals surface area contributed by atoms with Crippen molar-refractivity contribution in [1.82, 2.24) is 9.78 Å². The van der Waals surface area contributed by atoms with Gasteiger partial charge < -0.3 is 10.1 Å². The zero-order chi connectivity index (χ0) is 19.7. The van der Waals surface area contributed by atoms with E-state index in [1.807, 2.05) is 72.6 Å². The normalized spacial score (nSPS) is 11.0. The van der Waals surface area contributed by atoms with Crippen molar-refractivity contribution in [2.24, 2.45) is 7.05 Å². The molecular weight excluding hydrogens is 390 g/mol. The maximum absolute atomic E-state index is 12.8. The molecule has 0 spiro atoms. The fourth-order valence-electron chi connectivity index (χ4n) is 3.03. The lowest BCUT2D eigenvalue weighted by atomic mass is 10.1. The van der Waals surface area contributed by atoms with Crippen LogP contribution in [0, 0.1) is 0 Å². The Kier molecular flexibility index (Phi) is 5.11. The number of hydrogen-bond acceptors (Lipinski definition) is 5. The molecule has 0 atom stereocenters. The van der Waals surface area contributed by atoms with Gasteiger partial charge in [-0.25, -0.2) is 0 Å². The molecule has 142 valence electrons. The maximum atomic E-state index is 12.8. The van der Waals surface area contributed by atoms with Crippen molar-refractivity contribution < 1.29 is 9.53 Å². The third kappa shape index (κ3) is 3.50. The predicted molar refractivity (Wildman–Crippen MR) is 117 cm³/mol. The molecule has 0 bridgehead atoms. The van der Waals surface area contributed by atoms with Crippen LogP contribution in [0.3, 0.4) is 0 Å². The number of ether oxygens (including phenoxy) is 1. The molecule has 28 heavy (non-hydrogen) atoms. The highest BCUT2D eigenvalue weighted by atomic mass is 32.2. The molecule has 2 heterocycles. The van der Waals surface area contributed by atoms with E-state index in [1.54, 1.807) is 18.9 Å². The quantitative estimate of drug-likeness (QED) is 0.455. The standard InChI is InChI=1S/C21H19N3O2S2/c1-24-21-17(19(23-24)13-6-4-8-15(10-13)26-2)12-18(28-21)20(25)22-14-7-5-9-16(11-14)27-3/h4-12H,1-3H3,(H,22,25).